The lowest BCUT2D eigenvalue weighted by atomic mass is 10.0. The van der Waals surface area contributed by atoms with E-state index >= 15 is 0 Å². The zero-order valence-electron chi connectivity index (χ0n) is 16.5. The van der Waals surface area contributed by atoms with Gasteiger partial charge in [0, 0.05) is 29.1 Å². The van der Waals surface area contributed by atoms with Gasteiger partial charge in [0.2, 0.25) is 5.91 Å². The molecule has 1 heterocycles. The summed E-state index contributed by atoms with van der Waals surface area (Å²) in [7, 11) is 0. The molecule has 4 nitrogen and oxygen atoms in total. The van der Waals surface area contributed by atoms with Gasteiger partial charge in [-0.15, -0.1) is 11.3 Å². The van der Waals surface area contributed by atoms with E-state index in [4.69, 9.17) is 4.74 Å². The maximum Gasteiger partial charge on any atom is 0.247 e. The standard InChI is InChI=1S/C22H28N2O2S/c1-15(2)16(3)24(20-10-11-20)22(25)12-9-18-7-5-6-8-21(18)26-13-19-14-27-17(4)23-19/h5-9,12,14-16,20H,10-11,13H2,1-4H3/b12-9+. The number of thiazole rings is 1. The highest BCUT2D eigenvalue weighted by Crippen LogP contribution is 2.31. The summed E-state index contributed by atoms with van der Waals surface area (Å²) in [5.74, 6) is 1.30. The lowest BCUT2D eigenvalue weighted by Crippen LogP contribution is -2.42. The van der Waals surface area contributed by atoms with Crippen molar-refractivity contribution in [2.75, 3.05) is 0 Å². The van der Waals surface area contributed by atoms with E-state index in [1.54, 1.807) is 17.4 Å². The molecule has 0 spiro atoms. The first-order valence-electron chi connectivity index (χ1n) is 9.59. The Morgan fingerprint density at radius 1 is 1.33 bits per heavy atom. The normalized spacial score (nSPS) is 15.3. The van der Waals surface area contributed by atoms with Crippen molar-refractivity contribution in [2.24, 2.45) is 5.92 Å². The molecule has 1 saturated carbocycles. The Kier molecular flexibility index (Phi) is 6.32. The fourth-order valence-electron chi connectivity index (χ4n) is 3.01. The van der Waals surface area contributed by atoms with E-state index in [2.05, 4.69) is 25.8 Å². The van der Waals surface area contributed by atoms with Gasteiger partial charge in [-0.3, -0.25) is 4.79 Å². The molecule has 0 aliphatic heterocycles. The van der Waals surface area contributed by atoms with Gasteiger partial charge < -0.3 is 9.64 Å². The van der Waals surface area contributed by atoms with Crippen LogP contribution < -0.4 is 4.74 Å². The second kappa shape index (κ2) is 8.70. The largest absolute Gasteiger partial charge is 0.487 e. The molecule has 1 unspecified atom stereocenters. The number of nitrogens with zero attached hydrogens (tertiary/aromatic N) is 2. The predicted octanol–water partition coefficient (Wildman–Crippen LogP) is 5.08. The lowest BCUT2D eigenvalue weighted by molar-refractivity contribution is -0.129. The molecule has 3 rings (SSSR count). The molecule has 0 radical (unpaired) electrons. The third-order valence-corrected chi connectivity index (χ3v) is 5.79. The first-order valence-corrected chi connectivity index (χ1v) is 10.5. The Hall–Kier alpha value is -2.14. The molecule has 1 aromatic carbocycles. The number of aryl methyl sites for hydroxylation is 1. The van der Waals surface area contributed by atoms with Crippen molar-refractivity contribution in [1.29, 1.82) is 0 Å². The topological polar surface area (TPSA) is 42.4 Å². The molecule has 0 saturated heterocycles. The van der Waals surface area contributed by atoms with E-state index in [1.807, 2.05) is 47.5 Å². The summed E-state index contributed by atoms with van der Waals surface area (Å²) in [5, 5.41) is 3.05. The number of hydrogen-bond donors (Lipinski definition) is 0. The first kappa shape index (κ1) is 19.6. The van der Waals surface area contributed by atoms with Gasteiger partial charge in [-0.2, -0.15) is 0 Å². The summed E-state index contributed by atoms with van der Waals surface area (Å²) < 4.78 is 5.94. The highest BCUT2D eigenvalue weighted by atomic mass is 32.1. The Balaban J connectivity index is 1.69. The molecule has 144 valence electrons. The Morgan fingerprint density at radius 3 is 2.70 bits per heavy atom. The SMILES string of the molecule is Cc1nc(COc2ccccc2/C=C/C(=O)N(C2CC2)C(C)C(C)C)cs1. The van der Waals surface area contributed by atoms with E-state index in [9.17, 15) is 4.79 Å². The van der Waals surface area contributed by atoms with E-state index in [1.165, 1.54) is 0 Å². The molecule has 1 amide bonds. The van der Waals surface area contributed by atoms with Gasteiger partial charge in [0.1, 0.15) is 12.4 Å². The number of para-hydroxylation sites is 1. The van der Waals surface area contributed by atoms with Crippen LogP contribution >= 0.6 is 11.3 Å². The number of ether oxygens (including phenoxy) is 1. The molecule has 0 bridgehead atoms. The van der Waals surface area contributed by atoms with Crippen LogP contribution in [0, 0.1) is 12.8 Å². The maximum atomic E-state index is 12.8. The Morgan fingerprint density at radius 2 is 2.07 bits per heavy atom. The van der Waals surface area contributed by atoms with Gasteiger partial charge in [0.25, 0.3) is 0 Å². The number of rotatable bonds is 8. The molecule has 1 atom stereocenters. The minimum atomic E-state index is 0.0867. The van der Waals surface area contributed by atoms with Gasteiger partial charge in [0.05, 0.1) is 10.7 Å². The fourth-order valence-corrected chi connectivity index (χ4v) is 3.61. The Labute approximate surface area is 165 Å². The van der Waals surface area contributed by atoms with Crippen molar-refractivity contribution < 1.29 is 9.53 Å². The van der Waals surface area contributed by atoms with Crippen LogP contribution in [0.4, 0.5) is 0 Å². The maximum absolute atomic E-state index is 12.8. The number of amides is 1. The second-order valence-corrected chi connectivity index (χ2v) is 8.54. The van der Waals surface area contributed by atoms with Crippen molar-refractivity contribution in [2.45, 2.75) is 59.2 Å². The smallest absolute Gasteiger partial charge is 0.247 e. The second-order valence-electron chi connectivity index (χ2n) is 7.48. The summed E-state index contributed by atoms with van der Waals surface area (Å²) in [4.78, 5) is 19.3. The molecule has 2 aromatic rings. The van der Waals surface area contributed by atoms with Crippen LogP contribution in [0.5, 0.6) is 5.75 Å². The summed E-state index contributed by atoms with van der Waals surface area (Å²) in [6.07, 6.45) is 5.78. The lowest BCUT2D eigenvalue weighted by Gasteiger charge is -2.31. The molecule has 1 aromatic heterocycles. The van der Waals surface area contributed by atoms with Crippen LogP contribution in [-0.2, 0) is 11.4 Å². The molecule has 0 N–H and O–H groups in total. The zero-order chi connectivity index (χ0) is 19.4. The van der Waals surface area contributed by atoms with Crippen LogP contribution in [0.15, 0.2) is 35.7 Å². The molecular weight excluding hydrogens is 356 g/mol. The van der Waals surface area contributed by atoms with Crippen molar-refractivity contribution in [1.82, 2.24) is 9.88 Å². The van der Waals surface area contributed by atoms with Crippen LogP contribution in [0.2, 0.25) is 0 Å². The summed E-state index contributed by atoms with van der Waals surface area (Å²) in [6, 6.07) is 8.45. The van der Waals surface area contributed by atoms with Gasteiger partial charge in [0.15, 0.2) is 0 Å². The van der Waals surface area contributed by atoms with Crippen molar-refractivity contribution >= 4 is 23.3 Å². The first-order chi connectivity index (χ1) is 13.0. The quantitative estimate of drug-likeness (QED) is 0.596. The van der Waals surface area contributed by atoms with E-state index < -0.39 is 0 Å². The highest BCUT2D eigenvalue weighted by molar-refractivity contribution is 7.09. The summed E-state index contributed by atoms with van der Waals surface area (Å²) >= 11 is 1.62. The average molecular weight is 385 g/mol. The molecule has 1 aliphatic rings. The van der Waals surface area contributed by atoms with Crippen LogP contribution in [0.25, 0.3) is 6.08 Å². The van der Waals surface area contributed by atoms with Crippen molar-refractivity contribution in [3.63, 3.8) is 0 Å². The van der Waals surface area contributed by atoms with Gasteiger partial charge in [-0.25, -0.2) is 4.98 Å². The average Bonchev–Trinajstić information content (AvgIpc) is 3.39. The summed E-state index contributed by atoms with van der Waals surface area (Å²) in [5.41, 5.74) is 1.84. The van der Waals surface area contributed by atoms with E-state index in [0.717, 1.165) is 34.9 Å². The molecule has 27 heavy (non-hydrogen) atoms. The van der Waals surface area contributed by atoms with Crippen LogP contribution in [0.1, 0.15) is 49.9 Å². The molecule has 5 heteroatoms. The van der Waals surface area contributed by atoms with Gasteiger partial charge >= 0.3 is 0 Å². The number of carbonyl (C=O) groups is 1. The number of benzene rings is 1. The summed E-state index contributed by atoms with van der Waals surface area (Å²) in [6.45, 7) is 8.89. The third kappa shape index (κ3) is 5.19. The zero-order valence-corrected chi connectivity index (χ0v) is 17.3. The van der Waals surface area contributed by atoms with Crippen LogP contribution in [-0.4, -0.2) is 27.9 Å². The molecular formula is C22H28N2O2S. The fraction of sp³-hybridized carbons (Fsp3) is 0.455. The monoisotopic (exact) mass is 384 g/mol. The number of aromatic nitrogens is 1. The Bertz CT molecular complexity index is 808. The minimum Gasteiger partial charge on any atom is -0.487 e. The predicted molar refractivity (Wildman–Crippen MR) is 111 cm³/mol. The van der Waals surface area contributed by atoms with Crippen molar-refractivity contribution in [3.05, 3.63) is 52.0 Å². The van der Waals surface area contributed by atoms with Gasteiger partial charge in [-0.05, 0) is 44.7 Å². The van der Waals surface area contributed by atoms with Crippen LogP contribution in [0.3, 0.4) is 0 Å². The minimum absolute atomic E-state index is 0.0867. The number of hydrogen-bond acceptors (Lipinski definition) is 4. The van der Waals surface area contributed by atoms with E-state index in [-0.39, 0.29) is 11.9 Å². The van der Waals surface area contributed by atoms with Gasteiger partial charge in [-0.1, -0.05) is 32.0 Å². The third-order valence-electron chi connectivity index (χ3n) is 4.96. The van der Waals surface area contributed by atoms with Crippen molar-refractivity contribution in [3.8, 4) is 5.75 Å². The molecule has 1 fully saturated rings. The molecule has 1 aliphatic carbocycles. The highest BCUT2D eigenvalue weighted by Gasteiger charge is 2.35. The van der Waals surface area contributed by atoms with E-state index in [0.29, 0.717) is 18.6 Å². The number of carbonyl (C=O) groups excluding carboxylic acids is 1.